The van der Waals surface area contributed by atoms with Gasteiger partial charge in [0.05, 0.1) is 12.7 Å². The van der Waals surface area contributed by atoms with Crippen LogP contribution < -0.4 is 0 Å². The van der Waals surface area contributed by atoms with Crippen LogP contribution in [0.5, 0.6) is 0 Å². The van der Waals surface area contributed by atoms with E-state index in [1.54, 1.807) is 0 Å². The van der Waals surface area contributed by atoms with Crippen molar-refractivity contribution in [2.75, 3.05) is 0 Å². The number of aryl methyl sites for hydroxylation is 2. The van der Waals surface area contributed by atoms with E-state index in [-0.39, 0.29) is 6.10 Å². The Labute approximate surface area is 155 Å². The molecule has 2 heteroatoms. The number of rotatable bonds is 7. The molecule has 0 aliphatic heterocycles. The second-order valence-electron chi connectivity index (χ2n) is 6.31. The van der Waals surface area contributed by atoms with Gasteiger partial charge >= 0.3 is 0 Å². The summed E-state index contributed by atoms with van der Waals surface area (Å²) in [4.78, 5) is 0. The lowest BCUT2D eigenvalue weighted by Gasteiger charge is -2.13. The molecule has 0 radical (unpaired) electrons. The van der Waals surface area contributed by atoms with Crippen molar-refractivity contribution in [1.82, 2.24) is 0 Å². The standard InChI is InChI=1S/C23H23ClO/c1-18(22-5-3-2-4-6-22)25-17-21-11-9-19(10-12-21)7-8-20-13-15-23(24)16-14-20/h2-6,9-16,18H,7-8,17H2,1H3/t18-/m0/s1. The van der Waals surface area contributed by atoms with E-state index in [0.29, 0.717) is 6.61 Å². The monoisotopic (exact) mass is 350 g/mol. The summed E-state index contributed by atoms with van der Waals surface area (Å²) in [6, 6.07) is 27.1. The Kier molecular flexibility index (Phi) is 6.27. The summed E-state index contributed by atoms with van der Waals surface area (Å²) in [6.07, 6.45) is 2.16. The molecule has 0 aliphatic carbocycles. The fraction of sp³-hybridized carbons (Fsp3) is 0.217. The second-order valence-corrected chi connectivity index (χ2v) is 6.74. The Morgan fingerprint density at radius 2 is 1.24 bits per heavy atom. The lowest BCUT2D eigenvalue weighted by molar-refractivity contribution is 0.0525. The quantitative estimate of drug-likeness (QED) is 0.478. The van der Waals surface area contributed by atoms with Crippen molar-refractivity contribution in [3.05, 3.63) is 106 Å². The molecule has 0 unspecified atom stereocenters. The summed E-state index contributed by atoms with van der Waals surface area (Å²) in [6.45, 7) is 2.73. The molecule has 3 aromatic rings. The zero-order chi connectivity index (χ0) is 17.5. The van der Waals surface area contributed by atoms with Crippen LogP contribution in [0.4, 0.5) is 0 Å². The molecular weight excluding hydrogens is 328 g/mol. The Bertz CT molecular complexity index is 763. The number of benzene rings is 3. The molecule has 0 N–H and O–H groups in total. The van der Waals surface area contributed by atoms with E-state index in [2.05, 4.69) is 55.5 Å². The van der Waals surface area contributed by atoms with Crippen LogP contribution in [0.1, 0.15) is 35.3 Å². The first-order chi connectivity index (χ1) is 12.2. The van der Waals surface area contributed by atoms with Crippen LogP contribution in [0.25, 0.3) is 0 Å². The highest BCUT2D eigenvalue weighted by Gasteiger charge is 2.05. The van der Waals surface area contributed by atoms with Crippen molar-refractivity contribution in [3.63, 3.8) is 0 Å². The molecule has 0 saturated heterocycles. The zero-order valence-electron chi connectivity index (χ0n) is 14.5. The van der Waals surface area contributed by atoms with Crippen molar-refractivity contribution in [1.29, 1.82) is 0 Å². The van der Waals surface area contributed by atoms with E-state index in [9.17, 15) is 0 Å². The highest BCUT2D eigenvalue weighted by Crippen LogP contribution is 2.18. The van der Waals surface area contributed by atoms with E-state index in [0.717, 1.165) is 17.9 Å². The smallest absolute Gasteiger partial charge is 0.0801 e. The minimum absolute atomic E-state index is 0.103. The van der Waals surface area contributed by atoms with Crippen LogP contribution in [-0.4, -0.2) is 0 Å². The largest absolute Gasteiger partial charge is 0.369 e. The van der Waals surface area contributed by atoms with Gasteiger partial charge in [0.15, 0.2) is 0 Å². The maximum atomic E-state index is 5.98. The second kappa shape index (κ2) is 8.84. The Balaban J connectivity index is 1.49. The molecular formula is C23H23ClO. The molecule has 0 saturated carbocycles. The molecule has 0 heterocycles. The van der Waals surface area contributed by atoms with Crippen molar-refractivity contribution in [2.45, 2.75) is 32.5 Å². The molecule has 128 valence electrons. The number of hydrogen-bond donors (Lipinski definition) is 0. The molecule has 1 nitrogen and oxygen atoms in total. The van der Waals surface area contributed by atoms with Crippen LogP contribution in [0.2, 0.25) is 5.02 Å². The molecule has 3 aromatic carbocycles. The van der Waals surface area contributed by atoms with E-state index in [1.807, 2.05) is 30.3 Å². The number of hydrogen-bond acceptors (Lipinski definition) is 1. The molecule has 0 fully saturated rings. The van der Waals surface area contributed by atoms with Crippen LogP contribution >= 0.6 is 11.6 Å². The Morgan fingerprint density at radius 3 is 1.84 bits per heavy atom. The van der Waals surface area contributed by atoms with Gasteiger partial charge < -0.3 is 4.74 Å². The lowest BCUT2D eigenvalue weighted by atomic mass is 10.0. The molecule has 3 rings (SSSR count). The summed E-state index contributed by atoms with van der Waals surface area (Å²) in [7, 11) is 0. The summed E-state index contributed by atoms with van der Waals surface area (Å²) < 4.78 is 5.98. The minimum atomic E-state index is 0.103. The van der Waals surface area contributed by atoms with Gasteiger partial charge in [-0.05, 0) is 54.2 Å². The third-order valence-corrected chi connectivity index (χ3v) is 4.66. The Morgan fingerprint density at radius 1 is 0.720 bits per heavy atom. The van der Waals surface area contributed by atoms with Gasteiger partial charge in [-0.15, -0.1) is 0 Å². The predicted molar refractivity (Wildman–Crippen MR) is 105 cm³/mol. The first kappa shape index (κ1) is 17.7. The van der Waals surface area contributed by atoms with Gasteiger partial charge in [-0.2, -0.15) is 0 Å². The fourth-order valence-corrected chi connectivity index (χ4v) is 2.91. The van der Waals surface area contributed by atoms with E-state index >= 15 is 0 Å². The molecule has 1 atom stereocenters. The van der Waals surface area contributed by atoms with Gasteiger partial charge in [-0.25, -0.2) is 0 Å². The van der Waals surface area contributed by atoms with Gasteiger partial charge in [0, 0.05) is 5.02 Å². The van der Waals surface area contributed by atoms with Crippen LogP contribution in [0, 0.1) is 0 Å². The topological polar surface area (TPSA) is 9.23 Å². The SMILES string of the molecule is C[C@H](OCc1ccc(CCc2ccc(Cl)cc2)cc1)c1ccccc1. The first-order valence-corrected chi connectivity index (χ1v) is 9.07. The van der Waals surface area contributed by atoms with Crippen molar-refractivity contribution >= 4 is 11.6 Å². The van der Waals surface area contributed by atoms with Gasteiger partial charge in [0.25, 0.3) is 0 Å². The minimum Gasteiger partial charge on any atom is -0.369 e. The van der Waals surface area contributed by atoms with E-state index < -0.39 is 0 Å². The summed E-state index contributed by atoms with van der Waals surface area (Å²) in [5.74, 6) is 0. The molecule has 0 aliphatic rings. The Hall–Kier alpha value is -2.09. The fourth-order valence-electron chi connectivity index (χ4n) is 2.78. The average Bonchev–Trinajstić information content (AvgIpc) is 2.67. The normalized spacial score (nSPS) is 12.1. The first-order valence-electron chi connectivity index (χ1n) is 8.69. The van der Waals surface area contributed by atoms with Gasteiger partial charge in [-0.1, -0.05) is 78.3 Å². The third-order valence-electron chi connectivity index (χ3n) is 4.41. The third kappa shape index (κ3) is 5.45. The summed E-state index contributed by atoms with van der Waals surface area (Å²) in [5, 5.41) is 0.790. The van der Waals surface area contributed by atoms with Gasteiger partial charge in [0.2, 0.25) is 0 Å². The molecule has 25 heavy (non-hydrogen) atoms. The van der Waals surface area contributed by atoms with E-state index in [1.165, 1.54) is 22.3 Å². The van der Waals surface area contributed by atoms with Gasteiger partial charge in [-0.3, -0.25) is 0 Å². The van der Waals surface area contributed by atoms with Crippen LogP contribution in [-0.2, 0) is 24.2 Å². The number of halogens is 1. The molecule has 0 bridgehead atoms. The van der Waals surface area contributed by atoms with Crippen LogP contribution in [0.3, 0.4) is 0 Å². The van der Waals surface area contributed by atoms with E-state index in [4.69, 9.17) is 16.3 Å². The number of ether oxygens (including phenoxy) is 1. The highest BCUT2D eigenvalue weighted by atomic mass is 35.5. The van der Waals surface area contributed by atoms with Crippen molar-refractivity contribution in [3.8, 4) is 0 Å². The zero-order valence-corrected chi connectivity index (χ0v) is 15.2. The molecule has 0 spiro atoms. The maximum absolute atomic E-state index is 5.98. The van der Waals surface area contributed by atoms with Crippen molar-refractivity contribution < 1.29 is 4.74 Å². The molecule has 0 amide bonds. The molecule has 0 aromatic heterocycles. The highest BCUT2D eigenvalue weighted by molar-refractivity contribution is 6.30. The predicted octanol–water partition coefficient (Wildman–Crippen LogP) is 6.40. The average molecular weight is 351 g/mol. The summed E-state index contributed by atoms with van der Waals surface area (Å²) in [5.41, 5.74) is 5.07. The lowest BCUT2D eigenvalue weighted by Crippen LogP contribution is -2.00. The van der Waals surface area contributed by atoms with Crippen molar-refractivity contribution in [2.24, 2.45) is 0 Å². The maximum Gasteiger partial charge on any atom is 0.0801 e. The van der Waals surface area contributed by atoms with Crippen LogP contribution in [0.15, 0.2) is 78.9 Å². The summed E-state index contributed by atoms with van der Waals surface area (Å²) >= 11 is 5.93. The van der Waals surface area contributed by atoms with Gasteiger partial charge in [0.1, 0.15) is 0 Å².